The lowest BCUT2D eigenvalue weighted by Gasteiger charge is -2.39. The molecule has 1 atom stereocenters. The van der Waals surface area contributed by atoms with Gasteiger partial charge < -0.3 is 4.57 Å². The summed E-state index contributed by atoms with van der Waals surface area (Å²) in [6, 6.07) is 10.7. The van der Waals surface area contributed by atoms with Crippen molar-refractivity contribution in [2.75, 3.05) is 0 Å². The summed E-state index contributed by atoms with van der Waals surface area (Å²) in [5, 5.41) is 8.77. The van der Waals surface area contributed by atoms with Gasteiger partial charge in [-0.1, -0.05) is 44.2 Å². The summed E-state index contributed by atoms with van der Waals surface area (Å²) in [5.74, 6) is 2.26. The zero-order chi connectivity index (χ0) is 15.9. The predicted molar refractivity (Wildman–Crippen MR) is 87.7 cm³/mol. The molecule has 0 N–H and O–H groups in total. The third-order valence-corrected chi connectivity index (χ3v) is 4.74. The van der Waals surface area contributed by atoms with Gasteiger partial charge in [-0.2, -0.15) is 0 Å². The minimum atomic E-state index is 0.143. The maximum absolute atomic E-state index is 4.40. The van der Waals surface area contributed by atoms with E-state index in [9.17, 15) is 0 Å². The van der Waals surface area contributed by atoms with Gasteiger partial charge >= 0.3 is 0 Å². The molecule has 0 amide bonds. The summed E-state index contributed by atoms with van der Waals surface area (Å²) in [6.07, 6.45) is 6.01. The second kappa shape index (κ2) is 5.26. The van der Waals surface area contributed by atoms with Crippen molar-refractivity contribution >= 4 is 0 Å². The smallest absolute Gasteiger partial charge is 0.184 e. The Morgan fingerprint density at radius 2 is 1.91 bits per heavy atom. The molecule has 4 rings (SSSR count). The number of fused-ring (bicyclic) bond motifs is 1. The highest BCUT2D eigenvalue weighted by molar-refractivity contribution is 5.48. The molecule has 0 saturated heterocycles. The molecule has 2 aromatic heterocycles. The molecule has 0 aliphatic carbocycles. The van der Waals surface area contributed by atoms with Crippen LogP contribution in [0.15, 0.2) is 48.9 Å². The van der Waals surface area contributed by atoms with Gasteiger partial charge in [-0.25, -0.2) is 4.98 Å². The predicted octanol–water partition coefficient (Wildman–Crippen LogP) is 3.10. The molecule has 5 nitrogen and oxygen atoms in total. The maximum Gasteiger partial charge on any atom is 0.184 e. The number of benzene rings is 1. The zero-order valence-corrected chi connectivity index (χ0v) is 13.3. The topological polar surface area (TPSA) is 56.5 Å². The lowest BCUT2D eigenvalue weighted by Crippen LogP contribution is -2.35. The first-order valence-electron chi connectivity index (χ1n) is 7.88. The van der Waals surface area contributed by atoms with E-state index in [4.69, 9.17) is 0 Å². The van der Waals surface area contributed by atoms with E-state index < -0.39 is 0 Å². The Kier molecular flexibility index (Phi) is 3.22. The van der Waals surface area contributed by atoms with Crippen molar-refractivity contribution < 1.29 is 0 Å². The van der Waals surface area contributed by atoms with E-state index in [-0.39, 0.29) is 5.41 Å². The summed E-state index contributed by atoms with van der Waals surface area (Å²) in [7, 11) is 0. The van der Waals surface area contributed by atoms with Crippen molar-refractivity contribution in [3.63, 3.8) is 0 Å². The lowest BCUT2D eigenvalue weighted by atomic mass is 9.70. The molecule has 116 valence electrons. The number of aromatic nitrogens is 5. The molecule has 5 heteroatoms. The third-order valence-electron chi connectivity index (χ3n) is 4.74. The average Bonchev–Trinajstić information content (AvgIpc) is 2.97. The van der Waals surface area contributed by atoms with Gasteiger partial charge in [0.15, 0.2) is 5.82 Å². The van der Waals surface area contributed by atoms with Crippen LogP contribution in [0.25, 0.3) is 11.5 Å². The van der Waals surface area contributed by atoms with Gasteiger partial charge in [-0.15, -0.1) is 10.2 Å². The van der Waals surface area contributed by atoms with Crippen molar-refractivity contribution in [1.29, 1.82) is 0 Å². The molecule has 0 saturated carbocycles. The summed E-state index contributed by atoms with van der Waals surface area (Å²) in [6.45, 7) is 5.49. The van der Waals surface area contributed by atoms with E-state index in [0.29, 0.717) is 5.92 Å². The van der Waals surface area contributed by atoms with Crippen LogP contribution in [-0.2, 0) is 13.0 Å². The van der Waals surface area contributed by atoms with E-state index >= 15 is 0 Å². The molecule has 0 bridgehead atoms. The van der Waals surface area contributed by atoms with Gasteiger partial charge in [0.25, 0.3) is 0 Å². The van der Waals surface area contributed by atoms with Crippen LogP contribution in [0.1, 0.15) is 31.2 Å². The largest absolute Gasteiger partial charge is 0.309 e. The van der Waals surface area contributed by atoms with Crippen LogP contribution in [0, 0.1) is 5.41 Å². The number of hydrogen-bond donors (Lipinski definition) is 0. The molecule has 0 radical (unpaired) electrons. The van der Waals surface area contributed by atoms with E-state index in [1.165, 1.54) is 5.56 Å². The standard InChI is InChI=1S/C18H19N5/c1-18(2)10-16-21-22-17(15-11-19-8-9-20-15)23(16)12-14(18)13-6-4-3-5-7-13/h3-9,11,14H,10,12H2,1-2H3. The molecule has 1 unspecified atom stereocenters. The van der Waals surface area contributed by atoms with E-state index in [2.05, 4.69) is 68.9 Å². The van der Waals surface area contributed by atoms with Crippen LogP contribution in [0.2, 0.25) is 0 Å². The van der Waals surface area contributed by atoms with Gasteiger partial charge in [0, 0.05) is 31.3 Å². The summed E-state index contributed by atoms with van der Waals surface area (Å²) in [5.41, 5.74) is 2.28. The Balaban J connectivity index is 1.78. The highest BCUT2D eigenvalue weighted by Gasteiger charge is 2.38. The quantitative estimate of drug-likeness (QED) is 0.730. The van der Waals surface area contributed by atoms with Crippen molar-refractivity contribution in [1.82, 2.24) is 24.7 Å². The molecule has 23 heavy (non-hydrogen) atoms. The van der Waals surface area contributed by atoms with Crippen LogP contribution in [0.4, 0.5) is 0 Å². The van der Waals surface area contributed by atoms with E-state index in [0.717, 1.165) is 30.3 Å². The Labute approximate surface area is 135 Å². The molecular weight excluding hydrogens is 286 g/mol. The fourth-order valence-corrected chi connectivity index (χ4v) is 3.46. The first-order valence-corrected chi connectivity index (χ1v) is 7.88. The molecule has 3 heterocycles. The number of hydrogen-bond acceptors (Lipinski definition) is 4. The van der Waals surface area contributed by atoms with Gasteiger partial charge in [-0.3, -0.25) is 4.98 Å². The SMILES string of the molecule is CC1(C)Cc2nnc(-c3cnccn3)n2CC1c1ccccc1. The first kappa shape index (κ1) is 14.1. The van der Waals surface area contributed by atoms with Crippen molar-refractivity contribution in [2.45, 2.75) is 32.7 Å². The average molecular weight is 305 g/mol. The van der Waals surface area contributed by atoms with Crippen LogP contribution in [0.3, 0.4) is 0 Å². The lowest BCUT2D eigenvalue weighted by molar-refractivity contribution is 0.219. The molecule has 1 aromatic carbocycles. The third kappa shape index (κ3) is 2.42. The summed E-state index contributed by atoms with van der Waals surface area (Å²) in [4.78, 5) is 8.53. The van der Waals surface area contributed by atoms with Crippen LogP contribution >= 0.6 is 0 Å². The Bertz CT molecular complexity index is 808. The van der Waals surface area contributed by atoms with Crippen LogP contribution in [0.5, 0.6) is 0 Å². The highest BCUT2D eigenvalue weighted by Crippen LogP contribution is 2.43. The minimum absolute atomic E-state index is 0.143. The second-order valence-corrected chi connectivity index (χ2v) is 6.77. The van der Waals surface area contributed by atoms with Gasteiger partial charge in [0.2, 0.25) is 0 Å². The minimum Gasteiger partial charge on any atom is -0.309 e. The molecule has 0 fully saturated rings. The van der Waals surface area contributed by atoms with Gasteiger partial charge in [0.05, 0.1) is 6.20 Å². The number of rotatable bonds is 2. The fraction of sp³-hybridized carbons (Fsp3) is 0.333. The van der Waals surface area contributed by atoms with E-state index in [1.54, 1.807) is 18.6 Å². The van der Waals surface area contributed by atoms with Crippen molar-refractivity contribution in [2.24, 2.45) is 5.41 Å². The molecule has 0 spiro atoms. The maximum atomic E-state index is 4.40. The van der Waals surface area contributed by atoms with Gasteiger partial charge in [-0.05, 0) is 11.0 Å². The molecule has 1 aliphatic heterocycles. The Hall–Kier alpha value is -2.56. The number of nitrogens with zero attached hydrogens (tertiary/aromatic N) is 5. The Morgan fingerprint density at radius 3 is 2.65 bits per heavy atom. The summed E-state index contributed by atoms with van der Waals surface area (Å²) >= 11 is 0. The summed E-state index contributed by atoms with van der Waals surface area (Å²) < 4.78 is 2.20. The first-order chi connectivity index (χ1) is 11.1. The normalized spacial score (nSPS) is 19.3. The zero-order valence-electron chi connectivity index (χ0n) is 13.3. The van der Waals surface area contributed by atoms with E-state index in [1.807, 2.05) is 0 Å². The molecule has 1 aliphatic rings. The van der Waals surface area contributed by atoms with Crippen molar-refractivity contribution in [3.05, 3.63) is 60.3 Å². The van der Waals surface area contributed by atoms with Crippen LogP contribution < -0.4 is 0 Å². The Morgan fingerprint density at radius 1 is 1.09 bits per heavy atom. The van der Waals surface area contributed by atoms with Gasteiger partial charge in [0.1, 0.15) is 11.5 Å². The monoisotopic (exact) mass is 305 g/mol. The fourth-order valence-electron chi connectivity index (χ4n) is 3.46. The van der Waals surface area contributed by atoms with Crippen molar-refractivity contribution in [3.8, 4) is 11.5 Å². The second-order valence-electron chi connectivity index (χ2n) is 6.77. The highest BCUT2D eigenvalue weighted by atomic mass is 15.3. The molecule has 3 aromatic rings. The molecular formula is C18H19N5. The van der Waals surface area contributed by atoms with Crippen LogP contribution in [-0.4, -0.2) is 24.7 Å².